The molecule has 1 fully saturated rings. The molecule has 3 aromatic heterocycles. The lowest BCUT2D eigenvalue weighted by molar-refractivity contribution is 0.0393. The number of morpholine rings is 1. The third-order valence-corrected chi connectivity index (χ3v) is 5.69. The van der Waals surface area contributed by atoms with Crippen molar-refractivity contribution >= 4 is 5.95 Å². The lowest BCUT2D eigenvalue weighted by Crippen LogP contribution is -2.41. The van der Waals surface area contributed by atoms with Gasteiger partial charge in [0.2, 0.25) is 5.95 Å². The number of aromatic nitrogens is 4. The van der Waals surface area contributed by atoms with Gasteiger partial charge in [0.25, 0.3) is 5.56 Å². The second-order valence-electron chi connectivity index (χ2n) is 7.68. The highest BCUT2D eigenvalue weighted by atomic mass is 16.5. The Morgan fingerprint density at radius 1 is 0.969 bits per heavy atom. The van der Waals surface area contributed by atoms with Gasteiger partial charge in [0, 0.05) is 49.4 Å². The molecule has 0 aliphatic carbocycles. The van der Waals surface area contributed by atoms with E-state index in [1.54, 1.807) is 36.3 Å². The topological polar surface area (TPSA) is 73.1 Å². The molecule has 4 aromatic rings. The van der Waals surface area contributed by atoms with Gasteiger partial charge in [-0.15, -0.1) is 0 Å². The molecule has 0 N–H and O–H groups in total. The number of nitrogens with zero attached hydrogens (tertiary/aromatic N) is 5. The van der Waals surface area contributed by atoms with Crippen molar-refractivity contribution in [1.29, 1.82) is 0 Å². The summed E-state index contributed by atoms with van der Waals surface area (Å²) < 4.78 is 7.76. The zero-order valence-corrected chi connectivity index (χ0v) is 17.8. The molecule has 1 aromatic carbocycles. The Hall–Kier alpha value is -3.84. The minimum atomic E-state index is -0.163. The van der Waals surface area contributed by atoms with Gasteiger partial charge in [-0.1, -0.05) is 30.3 Å². The van der Waals surface area contributed by atoms with E-state index in [-0.39, 0.29) is 11.7 Å². The molecule has 0 radical (unpaired) electrons. The molecule has 1 atom stereocenters. The van der Waals surface area contributed by atoms with Gasteiger partial charge in [0.05, 0.1) is 24.5 Å². The molecule has 0 bridgehead atoms. The van der Waals surface area contributed by atoms with Crippen LogP contribution in [0.4, 0.5) is 5.95 Å². The van der Waals surface area contributed by atoms with Crippen LogP contribution in [0.15, 0.2) is 84.0 Å². The SMILES string of the molecule is Cn1c(N2CCOC(c3ccccc3-c3ccccn3)C2)nc(-c2ccncc2)cc1=O. The van der Waals surface area contributed by atoms with Gasteiger partial charge in [-0.3, -0.25) is 19.3 Å². The van der Waals surface area contributed by atoms with Crippen molar-refractivity contribution in [3.8, 4) is 22.5 Å². The summed E-state index contributed by atoms with van der Waals surface area (Å²) >= 11 is 0. The van der Waals surface area contributed by atoms with Crippen molar-refractivity contribution in [2.24, 2.45) is 7.05 Å². The molecule has 1 aliphatic rings. The predicted molar refractivity (Wildman–Crippen MR) is 123 cm³/mol. The lowest BCUT2D eigenvalue weighted by Gasteiger charge is -2.35. The summed E-state index contributed by atoms with van der Waals surface area (Å²) in [5.41, 5.74) is 4.44. The molecule has 0 saturated carbocycles. The zero-order valence-electron chi connectivity index (χ0n) is 17.8. The Bertz CT molecular complexity index is 1270. The summed E-state index contributed by atoms with van der Waals surface area (Å²) in [5, 5.41) is 0. The Morgan fingerprint density at radius 2 is 1.78 bits per heavy atom. The average molecular weight is 425 g/mol. The van der Waals surface area contributed by atoms with Crippen LogP contribution in [0.3, 0.4) is 0 Å². The van der Waals surface area contributed by atoms with Crippen molar-refractivity contribution in [2.45, 2.75) is 6.10 Å². The minimum Gasteiger partial charge on any atom is -0.370 e. The van der Waals surface area contributed by atoms with E-state index in [4.69, 9.17) is 9.72 Å². The van der Waals surface area contributed by atoms with Crippen molar-refractivity contribution in [2.75, 3.05) is 24.6 Å². The Morgan fingerprint density at radius 3 is 2.59 bits per heavy atom. The van der Waals surface area contributed by atoms with Crippen LogP contribution < -0.4 is 10.5 Å². The predicted octanol–water partition coefficient (Wildman–Crippen LogP) is 3.48. The molecule has 0 amide bonds. The number of benzene rings is 1. The van der Waals surface area contributed by atoms with Crippen LogP contribution in [0.1, 0.15) is 11.7 Å². The monoisotopic (exact) mass is 425 g/mol. The molecule has 1 saturated heterocycles. The fourth-order valence-corrected chi connectivity index (χ4v) is 4.03. The Balaban J connectivity index is 1.50. The quantitative estimate of drug-likeness (QED) is 0.498. The third kappa shape index (κ3) is 3.90. The van der Waals surface area contributed by atoms with Crippen molar-refractivity contribution in [3.05, 3.63) is 95.2 Å². The molecule has 5 rings (SSSR count). The number of ether oxygens (including phenoxy) is 1. The van der Waals surface area contributed by atoms with Crippen LogP contribution in [0.5, 0.6) is 0 Å². The molecule has 7 heteroatoms. The maximum Gasteiger partial charge on any atom is 0.255 e. The maximum absolute atomic E-state index is 12.7. The van der Waals surface area contributed by atoms with Crippen molar-refractivity contribution < 1.29 is 4.74 Å². The lowest BCUT2D eigenvalue weighted by atomic mass is 9.98. The number of pyridine rings is 2. The van der Waals surface area contributed by atoms with Crippen LogP contribution in [-0.4, -0.2) is 39.2 Å². The van der Waals surface area contributed by atoms with Gasteiger partial charge in [0.1, 0.15) is 6.10 Å². The highest BCUT2D eigenvalue weighted by Crippen LogP contribution is 2.32. The second-order valence-corrected chi connectivity index (χ2v) is 7.68. The van der Waals surface area contributed by atoms with E-state index in [2.05, 4.69) is 27.0 Å². The highest BCUT2D eigenvalue weighted by molar-refractivity contribution is 5.64. The first-order chi connectivity index (χ1) is 15.7. The average Bonchev–Trinajstić information content (AvgIpc) is 2.87. The standard InChI is InChI=1S/C25H23N5O2/c1-29-24(31)16-22(18-9-12-26-13-10-18)28-25(29)30-14-15-32-23(17-30)20-7-3-2-6-19(20)21-8-4-5-11-27-21/h2-13,16,23H,14-15,17H2,1H3. The summed E-state index contributed by atoms with van der Waals surface area (Å²) in [6, 6.07) is 19.4. The Labute approximate surface area is 186 Å². The molecule has 1 aliphatic heterocycles. The third-order valence-electron chi connectivity index (χ3n) is 5.69. The van der Waals surface area contributed by atoms with Gasteiger partial charge >= 0.3 is 0 Å². The summed E-state index contributed by atoms with van der Waals surface area (Å²) in [4.78, 5) is 28.2. The van der Waals surface area contributed by atoms with E-state index in [1.807, 2.05) is 42.5 Å². The van der Waals surface area contributed by atoms with Crippen molar-refractivity contribution in [3.63, 3.8) is 0 Å². The van der Waals surface area contributed by atoms with E-state index in [9.17, 15) is 4.79 Å². The number of hydrogen-bond donors (Lipinski definition) is 0. The largest absolute Gasteiger partial charge is 0.370 e. The molecular weight excluding hydrogens is 402 g/mol. The molecular formula is C25H23N5O2. The van der Waals surface area contributed by atoms with Crippen LogP contribution in [0, 0.1) is 0 Å². The van der Waals surface area contributed by atoms with E-state index < -0.39 is 0 Å². The molecule has 32 heavy (non-hydrogen) atoms. The maximum atomic E-state index is 12.7. The van der Waals surface area contributed by atoms with Crippen LogP contribution >= 0.6 is 0 Å². The van der Waals surface area contributed by atoms with Crippen LogP contribution in [0.2, 0.25) is 0 Å². The normalized spacial score (nSPS) is 16.2. The van der Waals surface area contributed by atoms with E-state index in [1.165, 1.54) is 0 Å². The second kappa shape index (κ2) is 8.72. The number of hydrogen-bond acceptors (Lipinski definition) is 6. The first-order valence-corrected chi connectivity index (χ1v) is 10.6. The molecule has 160 valence electrons. The summed E-state index contributed by atoms with van der Waals surface area (Å²) in [6.07, 6.45) is 5.04. The smallest absolute Gasteiger partial charge is 0.255 e. The zero-order chi connectivity index (χ0) is 21.9. The first-order valence-electron chi connectivity index (χ1n) is 10.6. The van der Waals surface area contributed by atoms with E-state index in [0.29, 0.717) is 31.3 Å². The fourth-order valence-electron chi connectivity index (χ4n) is 4.03. The first kappa shape index (κ1) is 20.1. The summed E-state index contributed by atoms with van der Waals surface area (Å²) in [5.74, 6) is 0.632. The fraction of sp³-hybridized carbons (Fsp3) is 0.200. The van der Waals surface area contributed by atoms with Gasteiger partial charge in [-0.05, 0) is 29.8 Å². The van der Waals surface area contributed by atoms with Crippen LogP contribution in [0.25, 0.3) is 22.5 Å². The molecule has 7 nitrogen and oxygen atoms in total. The van der Waals surface area contributed by atoms with E-state index in [0.717, 1.165) is 22.4 Å². The minimum absolute atomic E-state index is 0.0984. The summed E-state index contributed by atoms with van der Waals surface area (Å²) in [6.45, 7) is 1.78. The van der Waals surface area contributed by atoms with Crippen LogP contribution in [-0.2, 0) is 11.8 Å². The molecule has 0 spiro atoms. The van der Waals surface area contributed by atoms with Crippen molar-refractivity contribution in [1.82, 2.24) is 19.5 Å². The van der Waals surface area contributed by atoms with Gasteiger partial charge in [-0.25, -0.2) is 4.98 Å². The van der Waals surface area contributed by atoms with Gasteiger partial charge in [-0.2, -0.15) is 0 Å². The van der Waals surface area contributed by atoms with Gasteiger partial charge < -0.3 is 9.64 Å². The summed E-state index contributed by atoms with van der Waals surface area (Å²) in [7, 11) is 1.76. The number of rotatable bonds is 4. The molecule has 1 unspecified atom stereocenters. The Kier molecular flexibility index (Phi) is 5.47. The highest BCUT2D eigenvalue weighted by Gasteiger charge is 2.27. The van der Waals surface area contributed by atoms with E-state index >= 15 is 0 Å². The number of anilines is 1. The van der Waals surface area contributed by atoms with Gasteiger partial charge in [0.15, 0.2) is 0 Å². The molecule has 4 heterocycles.